The average Bonchev–Trinajstić information content (AvgIpc) is 2.16. The Kier molecular flexibility index (Phi) is 5.26. The second kappa shape index (κ2) is 6.02. The van der Waals surface area contributed by atoms with E-state index < -0.39 is 5.60 Å². The Labute approximate surface area is 101 Å². The van der Waals surface area contributed by atoms with Crippen LogP contribution in [0.1, 0.15) is 59.8 Å². The Balaban J connectivity index is 2.67. The molecule has 2 N–H and O–H groups in total. The van der Waals surface area contributed by atoms with Crippen LogP contribution in [0.25, 0.3) is 0 Å². The van der Waals surface area contributed by atoms with E-state index in [-0.39, 0.29) is 0 Å². The van der Waals surface area contributed by atoms with Crippen LogP contribution in [0.5, 0.6) is 0 Å². The smallest absolute Gasteiger partial charge is 0.0804 e. The van der Waals surface area contributed by atoms with Gasteiger partial charge in [0.15, 0.2) is 0 Å². The van der Waals surface area contributed by atoms with Gasteiger partial charge in [-0.25, -0.2) is 0 Å². The molecule has 1 saturated heterocycles. The highest BCUT2D eigenvalue weighted by molar-refractivity contribution is 4.94. The van der Waals surface area contributed by atoms with Gasteiger partial charge >= 0.3 is 0 Å². The van der Waals surface area contributed by atoms with E-state index in [0.29, 0.717) is 17.9 Å². The number of nitrogens with one attached hydrogen (secondary N) is 1. The normalized spacial score (nSPS) is 23.1. The van der Waals surface area contributed by atoms with Crippen LogP contribution in [0, 0.1) is 11.8 Å². The van der Waals surface area contributed by atoms with Crippen LogP contribution in [-0.2, 0) is 0 Å². The molecule has 0 saturated carbocycles. The summed E-state index contributed by atoms with van der Waals surface area (Å²) in [6.45, 7) is 9.88. The standard InChI is InChI=1S/C14H29NO/c1-11(2)9-14(16,10-12(3)4)13-7-5-6-8-15-13/h11-13,15-16H,5-10H2,1-4H3. The number of aliphatic hydroxyl groups is 1. The molecule has 2 heteroatoms. The van der Waals surface area contributed by atoms with Crippen molar-refractivity contribution in [2.45, 2.75) is 71.4 Å². The van der Waals surface area contributed by atoms with Crippen molar-refractivity contribution in [1.29, 1.82) is 0 Å². The van der Waals surface area contributed by atoms with Crippen molar-refractivity contribution < 1.29 is 5.11 Å². The molecule has 0 aromatic carbocycles. The Morgan fingerprint density at radius 1 is 1.12 bits per heavy atom. The summed E-state index contributed by atoms with van der Waals surface area (Å²) < 4.78 is 0. The predicted octanol–water partition coefficient (Wildman–Crippen LogP) is 2.95. The summed E-state index contributed by atoms with van der Waals surface area (Å²) in [6, 6.07) is 0.311. The van der Waals surface area contributed by atoms with Crippen molar-refractivity contribution in [1.82, 2.24) is 5.32 Å². The molecule has 1 aliphatic heterocycles. The lowest BCUT2D eigenvalue weighted by Gasteiger charge is -2.41. The minimum atomic E-state index is -0.497. The van der Waals surface area contributed by atoms with Gasteiger partial charge in [0, 0.05) is 6.04 Å². The average molecular weight is 227 g/mol. The van der Waals surface area contributed by atoms with Gasteiger partial charge in [-0.15, -0.1) is 0 Å². The van der Waals surface area contributed by atoms with E-state index in [4.69, 9.17) is 0 Å². The fourth-order valence-corrected chi connectivity index (χ4v) is 3.09. The number of hydrogen-bond donors (Lipinski definition) is 2. The summed E-state index contributed by atoms with van der Waals surface area (Å²) in [6.07, 6.45) is 5.49. The van der Waals surface area contributed by atoms with E-state index in [0.717, 1.165) is 25.8 Å². The van der Waals surface area contributed by atoms with E-state index in [1.165, 1.54) is 12.8 Å². The number of hydrogen-bond acceptors (Lipinski definition) is 2. The van der Waals surface area contributed by atoms with Crippen LogP contribution in [-0.4, -0.2) is 23.3 Å². The summed E-state index contributed by atoms with van der Waals surface area (Å²) >= 11 is 0. The molecule has 2 nitrogen and oxygen atoms in total. The number of piperidine rings is 1. The first-order valence-electron chi connectivity index (χ1n) is 6.90. The molecule has 0 aliphatic carbocycles. The zero-order valence-electron chi connectivity index (χ0n) is 11.4. The quantitative estimate of drug-likeness (QED) is 0.757. The maximum Gasteiger partial charge on any atom is 0.0804 e. The van der Waals surface area contributed by atoms with Gasteiger partial charge in [0.1, 0.15) is 0 Å². The first-order valence-corrected chi connectivity index (χ1v) is 6.90. The van der Waals surface area contributed by atoms with Crippen LogP contribution in [0.2, 0.25) is 0 Å². The molecule has 1 unspecified atom stereocenters. The summed E-state index contributed by atoms with van der Waals surface area (Å²) in [5.74, 6) is 1.12. The third kappa shape index (κ3) is 4.06. The fourth-order valence-electron chi connectivity index (χ4n) is 3.09. The molecule has 16 heavy (non-hydrogen) atoms. The highest BCUT2D eigenvalue weighted by Gasteiger charge is 2.37. The highest BCUT2D eigenvalue weighted by atomic mass is 16.3. The monoisotopic (exact) mass is 227 g/mol. The molecule has 0 amide bonds. The van der Waals surface area contributed by atoms with Gasteiger partial charge < -0.3 is 10.4 Å². The first kappa shape index (κ1) is 14.0. The molecule has 0 bridgehead atoms. The molecule has 1 rings (SSSR count). The summed E-state index contributed by atoms with van der Waals surface area (Å²) in [5, 5.41) is 14.4. The minimum Gasteiger partial charge on any atom is -0.388 e. The zero-order valence-corrected chi connectivity index (χ0v) is 11.4. The molecule has 0 aromatic heterocycles. The second-order valence-electron chi connectivity index (χ2n) is 6.30. The molecule has 1 fully saturated rings. The van der Waals surface area contributed by atoms with E-state index in [9.17, 15) is 5.11 Å². The Morgan fingerprint density at radius 3 is 2.06 bits per heavy atom. The van der Waals surface area contributed by atoms with E-state index >= 15 is 0 Å². The van der Waals surface area contributed by atoms with Crippen molar-refractivity contribution >= 4 is 0 Å². The SMILES string of the molecule is CC(C)CC(O)(CC(C)C)C1CCCCN1. The summed E-state index contributed by atoms with van der Waals surface area (Å²) in [5.41, 5.74) is -0.497. The molecule has 96 valence electrons. The highest BCUT2D eigenvalue weighted by Crippen LogP contribution is 2.31. The van der Waals surface area contributed by atoms with Crippen molar-refractivity contribution in [3.63, 3.8) is 0 Å². The van der Waals surface area contributed by atoms with Crippen molar-refractivity contribution in [3.05, 3.63) is 0 Å². The lowest BCUT2D eigenvalue weighted by molar-refractivity contribution is -0.0405. The Bertz CT molecular complexity index is 185. The van der Waals surface area contributed by atoms with Crippen LogP contribution in [0.4, 0.5) is 0 Å². The van der Waals surface area contributed by atoms with Crippen LogP contribution >= 0.6 is 0 Å². The topological polar surface area (TPSA) is 32.3 Å². The van der Waals surface area contributed by atoms with Gasteiger partial charge in [0.25, 0.3) is 0 Å². The van der Waals surface area contributed by atoms with E-state index in [1.807, 2.05) is 0 Å². The lowest BCUT2D eigenvalue weighted by Crippen LogP contribution is -2.54. The molecule has 0 aromatic rings. The van der Waals surface area contributed by atoms with Gasteiger partial charge in [-0.3, -0.25) is 0 Å². The van der Waals surface area contributed by atoms with Gasteiger partial charge in [-0.2, -0.15) is 0 Å². The van der Waals surface area contributed by atoms with Crippen molar-refractivity contribution in [2.24, 2.45) is 11.8 Å². The second-order valence-corrected chi connectivity index (χ2v) is 6.30. The van der Waals surface area contributed by atoms with Gasteiger partial charge in [-0.05, 0) is 44.1 Å². The molecule has 1 heterocycles. The van der Waals surface area contributed by atoms with E-state index in [2.05, 4.69) is 33.0 Å². The zero-order chi connectivity index (χ0) is 12.2. The maximum absolute atomic E-state index is 10.9. The molecular weight excluding hydrogens is 198 g/mol. The Morgan fingerprint density at radius 2 is 1.69 bits per heavy atom. The van der Waals surface area contributed by atoms with Crippen LogP contribution in [0.3, 0.4) is 0 Å². The fraction of sp³-hybridized carbons (Fsp3) is 1.00. The minimum absolute atomic E-state index is 0.311. The van der Waals surface area contributed by atoms with Gasteiger partial charge in [-0.1, -0.05) is 34.1 Å². The van der Waals surface area contributed by atoms with E-state index in [1.54, 1.807) is 0 Å². The molecule has 0 radical (unpaired) electrons. The largest absolute Gasteiger partial charge is 0.388 e. The molecular formula is C14H29NO. The van der Waals surface area contributed by atoms with Crippen LogP contribution in [0.15, 0.2) is 0 Å². The number of rotatable bonds is 5. The predicted molar refractivity (Wildman–Crippen MR) is 69.5 cm³/mol. The maximum atomic E-state index is 10.9. The van der Waals surface area contributed by atoms with Crippen molar-refractivity contribution in [2.75, 3.05) is 6.54 Å². The third-order valence-corrected chi connectivity index (χ3v) is 3.48. The van der Waals surface area contributed by atoms with Crippen molar-refractivity contribution in [3.8, 4) is 0 Å². The lowest BCUT2D eigenvalue weighted by atomic mass is 9.77. The third-order valence-electron chi connectivity index (χ3n) is 3.48. The van der Waals surface area contributed by atoms with Gasteiger partial charge in [0.05, 0.1) is 5.60 Å². The van der Waals surface area contributed by atoms with Crippen LogP contribution < -0.4 is 5.32 Å². The summed E-state index contributed by atoms with van der Waals surface area (Å²) in [4.78, 5) is 0. The molecule has 1 atom stereocenters. The van der Waals surface area contributed by atoms with Gasteiger partial charge in [0.2, 0.25) is 0 Å². The molecule has 1 aliphatic rings. The first-order chi connectivity index (χ1) is 7.44. The Hall–Kier alpha value is -0.0800. The molecule has 0 spiro atoms. The summed E-state index contributed by atoms with van der Waals surface area (Å²) in [7, 11) is 0.